The van der Waals surface area contributed by atoms with Crippen molar-refractivity contribution in [3.8, 4) is 0 Å². The normalized spacial score (nSPS) is 10.2. The second kappa shape index (κ2) is 6.01. The largest absolute Gasteiger partial charge is 0.372 e. The fraction of sp³-hybridized carbons (Fsp3) is 0.300. The standard InChI is InChI=1S/C10H10F2N2O4/c1-2-18-5-8(15)13-10-7(14(16)17)4-3-6(11)9(10)12/h3-4H,2,5H2,1H3,(H,13,15). The number of ether oxygens (including phenoxy) is 1. The molecule has 1 aromatic carbocycles. The molecule has 8 heteroatoms. The Kier molecular flexibility index (Phi) is 4.67. The van der Waals surface area contributed by atoms with E-state index in [4.69, 9.17) is 4.74 Å². The third-order valence-electron chi connectivity index (χ3n) is 1.97. The third-order valence-corrected chi connectivity index (χ3v) is 1.97. The summed E-state index contributed by atoms with van der Waals surface area (Å²) in [7, 11) is 0. The average molecular weight is 260 g/mol. The molecule has 0 radical (unpaired) electrons. The molecule has 6 nitrogen and oxygen atoms in total. The molecule has 0 fully saturated rings. The van der Waals surface area contributed by atoms with Gasteiger partial charge in [0.15, 0.2) is 17.3 Å². The van der Waals surface area contributed by atoms with Crippen LogP contribution < -0.4 is 5.32 Å². The lowest BCUT2D eigenvalue weighted by molar-refractivity contribution is -0.384. The van der Waals surface area contributed by atoms with Crippen LogP contribution in [0.15, 0.2) is 12.1 Å². The third kappa shape index (κ3) is 3.20. The Labute approximate surface area is 101 Å². The monoisotopic (exact) mass is 260 g/mol. The van der Waals surface area contributed by atoms with Gasteiger partial charge in [-0.05, 0) is 13.0 Å². The SMILES string of the molecule is CCOCC(=O)Nc1c([N+](=O)[O-])ccc(F)c1F. The van der Waals surface area contributed by atoms with Gasteiger partial charge in [0.2, 0.25) is 0 Å². The summed E-state index contributed by atoms with van der Waals surface area (Å²) in [6, 6.07) is 1.39. The topological polar surface area (TPSA) is 81.5 Å². The molecule has 98 valence electrons. The summed E-state index contributed by atoms with van der Waals surface area (Å²) < 4.78 is 31.1. The molecule has 1 rings (SSSR count). The van der Waals surface area contributed by atoms with E-state index in [1.165, 1.54) is 0 Å². The first-order valence-electron chi connectivity index (χ1n) is 4.97. The van der Waals surface area contributed by atoms with Gasteiger partial charge in [-0.2, -0.15) is 0 Å². The smallest absolute Gasteiger partial charge is 0.296 e. The number of halogens is 2. The van der Waals surface area contributed by atoms with Crippen LogP contribution in [0.5, 0.6) is 0 Å². The van der Waals surface area contributed by atoms with Gasteiger partial charge in [0.1, 0.15) is 6.61 Å². The molecule has 0 aliphatic heterocycles. The maximum atomic E-state index is 13.4. The van der Waals surface area contributed by atoms with E-state index in [1.54, 1.807) is 6.92 Å². The van der Waals surface area contributed by atoms with Gasteiger partial charge in [-0.25, -0.2) is 8.78 Å². The Hall–Kier alpha value is -2.09. The number of benzene rings is 1. The summed E-state index contributed by atoms with van der Waals surface area (Å²) in [5.74, 6) is -3.56. The highest BCUT2D eigenvalue weighted by molar-refractivity contribution is 5.94. The number of nitrogens with zero attached hydrogens (tertiary/aromatic N) is 1. The molecule has 0 saturated heterocycles. The van der Waals surface area contributed by atoms with Crippen LogP contribution in [-0.4, -0.2) is 24.0 Å². The number of carbonyl (C=O) groups is 1. The van der Waals surface area contributed by atoms with Gasteiger partial charge < -0.3 is 10.1 Å². The fourth-order valence-electron chi connectivity index (χ4n) is 1.18. The Morgan fingerprint density at radius 2 is 2.17 bits per heavy atom. The Morgan fingerprint density at radius 1 is 1.50 bits per heavy atom. The maximum Gasteiger partial charge on any atom is 0.296 e. The Balaban J connectivity index is 3.02. The highest BCUT2D eigenvalue weighted by Crippen LogP contribution is 2.28. The van der Waals surface area contributed by atoms with E-state index in [2.05, 4.69) is 0 Å². The zero-order valence-corrected chi connectivity index (χ0v) is 9.41. The predicted molar refractivity (Wildman–Crippen MR) is 58.1 cm³/mol. The minimum atomic E-state index is -1.48. The van der Waals surface area contributed by atoms with Crippen molar-refractivity contribution in [2.24, 2.45) is 0 Å². The number of nitro groups is 1. The van der Waals surface area contributed by atoms with Gasteiger partial charge >= 0.3 is 0 Å². The number of hydrogen-bond donors (Lipinski definition) is 1. The summed E-state index contributed by atoms with van der Waals surface area (Å²) >= 11 is 0. The molecule has 0 unspecified atom stereocenters. The quantitative estimate of drug-likeness (QED) is 0.647. The fourth-order valence-corrected chi connectivity index (χ4v) is 1.18. The number of rotatable bonds is 5. The zero-order chi connectivity index (χ0) is 13.7. The lowest BCUT2D eigenvalue weighted by Crippen LogP contribution is -2.20. The van der Waals surface area contributed by atoms with Gasteiger partial charge in [-0.1, -0.05) is 0 Å². The molecule has 0 spiro atoms. The van der Waals surface area contributed by atoms with Crippen LogP contribution in [0.1, 0.15) is 6.92 Å². The van der Waals surface area contributed by atoms with Crippen molar-refractivity contribution in [2.75, 3.05) is 18.5 Å². The van der Waals surface area contributed by atoms with E-state index < -0.39 is 40.4 Å². The molecule has 0 atom stereocenters. The highest BCUT2D eigenvalue weighted by Gasteiger charge is 2.23. The first kappa shape index (κ1) is 14.0. The van der Waals surface area contributed by atoms with Crippen molar-refractivity contribution in [2.45, 2.75) is 6.92 Å². The molecule has 18 heavy (non-hydrogen) atoms. The molecule has 0 aliphatic carbocycles. The molecular formula is C10H10F2N2O4. The number of nitrogens with one attached hydrogen (secondary N) is 1. The molecule has 1 amide bonds. The molecule has 0 heterocycles. The van der Waals surface area contributed by atoms with E-state index in [9.17, 15) is 23.7 Å². The molecule has 0 aliphatic rings. The minimum Gasteiger partial charge on any atom is -0.372 e. The summed E-state index contributed by atoms with van der Waals surface area (Å²) in [6.45, 7) is 1.49. The van der Waals surface area contributed by atoms with Crippen molar-refractivity contribution >= 4 is 17.3 Å². The zero-order valence-electron chi connectivity index (χ0n) is 9.41. The van der Waals surface area contributed by atoms with Crippen LogP contribution in [0.25, 0.3) is 0 Å². The molecule has 0 aromatic heterocycles. The van der Waals surface area contributed by atoms with Crippen LogP contribution in [0.2, 0.25) is 0 Å². The molecular weight excluding hydrogens is 250 g/mol. The molecule has 0 saturated carbocycles. The van der Waals surface area contributed by atoms with Crippen LogP contribution in [0.4, 0.5) is 20.2 Å². The number of hydrogen-bond acceptors (Lipinski definition) is 4. The van der Waals surface area contributed by atoms with Crippen LogP contribution in [0, 0.1) is 21.7 Å². The van der Waals surface area contributed by atoms with Crippen LogP contribution in [0.3, 0.4) is 0 Å². The van der Waals surface area contributed by atoms with E-state index >= 15 is 0 Å². The molecule has 0 bridgehead atoms. The molecule has 1 N–H and O–H groups in total. The van der Waals surface area contributed by atoms with Gasteiger partial charge in [0.25, 0.3) is 11.6 Å². The Bertz CT molecular complexity index is 479. The van der Waals surface area contributed by atoms with Crippen molar-refractivity contribution in [3.63, 3.8) is 0 Å². The second-order valence-corrected chi connectivity index (χ2v) is 3.20. The van der Waals surface area contributed by atoms with E-state index in [-0.39, 0.29) is 6.61 Å². The summed E-state index contributed by atoms with van der Waals surface area (Å²) in [6.07, 6.45) is 0. The first-order chi connectivity index (χ1) is 8.47. The second-order valence-electron chi connectivity index (χ2n) is 3.20. The first-order valence-corrected chi connectivity index (χ1v) is 4.97. The number of anilines is 1. The van der Waals surface area contributed by atoms with Crippen LogP contribution >= 0.6 is 0 Å². The minimum absolute atomic E-state index is 0.251. The summed E-state index contributed by atoms with van der Waals surface area (Å²) in [5, 5.41) is 12.5. The highest BCUT2D eigenvalue weighted by atomic mass is 19.2. The van der Waals surface area contributed by atoms with Crippen molar-refractivity contribution < 1.29 is 23.2 Å². The summed E-state index contributed by atoms with van der Waals surface area (Å²) in [4.78, 5) is 21.0. The Morgan fingerprint density at radius 3 is 2.72 bits per heavy atom. The van der Waals surface area contributed by atoms with Crippen molar-refractivity contribution in [1.29, 1.82) is 0 Å². The van der Waals surface area contributed by atoms with Gasteiger partial charge in [-0.3, -0.25) is 14.9 Å². The van der Waals surface area contributed by atoms with Gasteiger partial charge in [-0.15, -0.1) is 0 Å². The number of carbonyl (C=O) groups excluding carboxylic acids is 1. The van der Waals surface area contributed by atoms with E-state index in [0.717, 1.165) is 6.07 Å². The van der Waals surface area contributed by atoms with Crippen LogP contribution in [-0.2, 0) is 9.53 Å². The van der Waals surface area contributed by atoms with Gasteiger partial charge in [0.05, 0.1) is 4.92 Å². The van der Waals surface area contributed by atoms with Crippen molar-refractivity contribution in [3.05, 3.63) is 33.9 Å². The maximum absolute atomic E-state index is 13.4. The van der Waals surface area contributed by atoms with E-state index in [0.29, 0.717) is 6.07 Å². The van der Waals surface area contributed by atoms with E-state index in [1.807, 2.05) is 5.32 Å². The lowest BCUT2D eigenvalue weighted by Gasteiger charge is -2.07. The predicted octanol–water partition coefficient (Wildman–Crippen LogP) is 1.85. The van der Waals surface area contributed by atoms with Crippen molar-refractivity contribution in [1.82, 2.24) is 0 Å². The number of amides is 1. The summed E-state index contributed by atoms with van der Waals surface area (Å²) in [5.41, 5.74) is -1.52. The number of nitro benzene ring substituents is 1. The molecule has 1 aromatic rings. The average Bonchev–Trinajstić information content (AvgIpc) is 2.32. The lowest BCUT2D eigenvalue weighted by atomic mass is 10.2. The van der Waals surface area contributed by atoms with Gasteiger partial charge in [0, 0.05) is 12.7 Å².